The molecule has 0 saturated carbocycles. The lowest BCUT2D eigenvalue weighted by molar-refractivity contribution is 0.288. The summed E-state index contributed by atoms with van der Waals surface area (Å²) in [5, 5.41) is 0. The maximum Gasteiger partial charge on any atom is 0.221 e. The van der Waals surface area contributed by atoms with Crippen molar-refractivity contribution in [1.82, 2.24) is 9.62 Å². The molecule has 6 heteroatoms. The Morgan fingerprint density at radius 2 is 2.00 bits per heavy atom. The van der Waals surface area contributed by atoms with E-state index in [1.807, 2.05) is 0 Å². The number of hydrogen-bond acceptors (Lipinski definition) is 3. The second-order valence-corrected chi connectivity index (χ2v) is 7.30. The number of likely N-dealkylation sites (tertiary alicyclic amines) is 1. The lowest BCUT2D eigenvalue weighted by Crippen LogP contribution is -2.34. The van der Waals surface area contributed by atoms with Crippen LogP contribution in [-0.2, 0) is 10.0 Å². The van der Waals surface area contributed by atoms with Gasteiger partial charge in [-0.15, -0.1) is 0 Å². The number of rotatable bonds is 6. The Morgan fingerprint density at radius 3 is 2.53 bits per heavy atom. The van der Waals surface area contributed by atoms with E-state index in [-0.39, 0.29) is 4.66 Å². The van der Waals surface area contributed by atoms with Gasteiger partial charge in [0.15, 0.2) is 0 Å². The van der Waals surface area contributed by atoms with Crippen LogP contribution in [0.25, 0.3) is 0 Å². The quantitative estimate of drug-likeness (QED) is 0.744. The second-order valence-electron chi connectivity index (χ2n) is 4.19. The van der Waals surface area contributed by atoms with Crippen molar-refractivity contribution in [2.45, 2.75) is 19.8 Å². The molecule has 4 nitrogen and oxygen atoms in total. The van der Waals surface area contributed by atoms with Crippen LogP contribution < -0.4 is 4.72 Å². The van der Waals surface area contributed by atoms with Gasteiger partial charge in [0.1, 0.15) is 4.66 Å². The highest BCUT2D eigenvalue weighted by atomic mass is 79.9. The largest absolute Gasteiger partial charge is 0.303 e. The number of nitrogens with zero attached hydrogens (tertiary/aromatic N) is 1. The van der Waals surface area contributed by atoms with E-state index in [2.05, 4.69) is 32.5 Å². The molecule has 0 aromatic carbocycles. The first-order valence-electron chi connectivity index (χ1n) is 5.29. The number of halogens is 1. The SMILES string of the molecule is CC(CNS(=O)(=O)CBr)CN1CCCC1. The first-order chi connectivity index (χ1) is 7.03. The van der Waals surface area contributed by atoms with Gasteiger partial charge in [0.25, 0.3) is 0 Å². The van der Waals surface area contributed by atoms with Crippen LogP contribution in [0.2, 0.25) is 0 Å². The maximum absolute atomic E-state index is 11.2. The minimum Gasteiger partial charge on any atom is -0.303 e. The fourth-order valence-electron chi connectivity index (χ4n) is 1.78. The van der Waals surface area contributed by atoms with Crippen molar-refractivity contribution in [3.63, 3.8) is 0 Å². The Morgan fingerprint density at radius 1 is 1.40 bits per heavy atom. The van der Waals surface area contributed by atoms with Gasteiger partial charge in [-0.2, -0.15) is 0 Å². The number of alkyl halides is 1. The average Bonchev–Trinajstić information content (AvgIpc) is 2.68. The number of sulfonamides is 1. The minimum atomic E-state index is -3.10. The van der Waals surface area contributed by atoms with Gasteiger partial charge in [0.05, 0.1) is 0 Å². The van der Waals surface area contributed by atoms with E-state index >= 15 is 0 Å². The van der Waals surface area contributed by atoms with Crippen molar-refractivity contribution in [2.24, 2.45) is 5.92 Å². The molecule has 0 amide bonds. The predicted molar refractivity (Wildman–Crippen MR) is 65.6 cm³/mol. The third kappa shape index (κ3) is 5.29. The van der Waals surface area contributed by atoms with E-state index < -0.39 is 10.0 Å². The summed E-state index contributed by atoms with van der Waals surface area (Å²) < 4.78 is 24.9. The standard InChI is InChI=1S/C9H19BrN2O2S/c1-9(6-11-15(13,14)8-10)7-12-4-2-3-5-12/h9,11H,2-8H2,1H3. The van der Waals surface area contributed by atoms with Gasteiger partial charge >= 0.3 is 0 Å². The first kappa shape index (κ1) is 13.4. The molecule has 0 aromatic heterocycles. The first-order valence-corrected chi connectivity index (χ1v) is 8.06. The summed E-state index contributed by atoms with van der Waals surface area (Å²) in [5.41, 5.74) is 0. The smallest absolute Gasteiger partial charge is 0.221 e. The Kier molecular flexibility index (Phi) is 5.52. The lowest BCUT2D eigenvalue weighted by Gasteiger charge is -2.20. The van der Waals surface area contributed by atoms with Crippen LogP contribution in [0.5, 0.6) is 0 Å². The molecule has 1 atom stereocenters. The molecule has 0 radical (unpaired) electrons. The summed E-state index contributed by atoms with van der Waals surface area (Å²) in [5.74, 6) is 0.372. The van der Waals surface area contributed by atoms with Crippen LogP contribution in [0.1, 0.15) is 19.8 Å². The number of nitrogens with one attached hydrogen (secondary N) is 1. The topological polar surface area (TPSA) is 49.4 Å². The third-order valence-corrected chi connectivity index (χ3v) is 5.27. The summed E-state index contributed by atoms with van der Waals surface area (Å²) in [7, 11) is -3.10. The average molecular weight is 299 g/mol. The summed E-state index contributed by atoms with van der Waals surface area (Å²) in [6, 6.07) is 0. The Labute approximate surface area is 101 Å². The van der Waals surface area contributed by atoms with Crippen molar-refractivity contribution in [3.05, 3.63) is 0 Å². The van der Waals surface area contributed by atoms with Crippen molar-refractivity contribution >= 4 is 26.0 Å². The third-order valence-electron chi connectivity index (χ3n) is 2.56. The highest BCUT2D eigenvalue weighted by Gasteiger charge is 2.16. The van der Waals surface area contributed by atoms with Gasteiger partial charge in [0, 0.05) is 13.1 Å². The van der Waals surface area contributed by atoms with Gasteiger partial charge in [-0.05, 0) is 31.8 Å². The van der Waals surface area contributed by atoms with Crippen LogP contribution in [0.15, 0.2) is 0 Å². The van der Waals surface area contributed by atoms with E-state index in [1.54, 1.807) is 0 Å². The minimum absolute atomic E-state index is 0.0174. The molecule has 1 N–H and O–H groups in total. The van der Waals surface area contributed by atoms with Crippen molar-refractivity contribution in [3.8, 4) is 0 Å². The fourth-order valence-corrected chi connectivity index (χ4v) is 2.88. The molecule has 1 saturated heterocycles. The zero-order valence-corrected chi connectivity index (χ0v) is 11.5. The van der Waals surface area contributed by atoms with Crippen LogP contribution in [0, 0.1) is 5.92 Å². The monoisotopic (exact) mass is 298 g/mol. The molecule has 1 unspecified atom stereocenters. The van der Waals surface area contributed by atoms with Crippen LogP contribution in [0.3, 0.4) is 0 Å². The van der Waals surface area contributed by atoms with E-state index in [1.165, 1.54) is 12.8 Å². The number of hydrogen-bond donors (Lipinski definition) is 1. The highest BCUT2D eigenvalue weighted by Crippen LogP contribution is 2.09. The van der Waals surface area contributed by atoms with Crippen molar-refractivity contribution in [1.29, 1.82) is 0 Å². The Bertz CT molecular complexity index is 276. The van der Waals surface area contributed by atoms with E-state index in [0.29, 0.717) is 12.5 Å². The van der Waals surface area contributed by atoms with E-state index in [9.17, 15) is 8.42 Å². The summed E-state index contributed by atoms with van der Waals surface area (Å²) in [6.45, 7) is 5.93. The molecule has 1 rings (SSSR count). The molecule has 1 fully saturated rings. The molecular weight excluding hydrogens is 280 g/mol. The summed E-state index contributed by atoms with van der Waals surface area (Å²) in [6.07, 6.45) is 2.56. The molecule has 0 aromatic rings. The van der Waals surface area contributed by atoms with Crippen LogP contribution >= 0.6 is 15.9 Å². The highest BCUT2D eigenvalue weighted by molar-refractivity contribution is 9.10. The Balaban J connectivity index is 2.20. The molecule has 0 spiro atoms. The molecule has 0 bridgehead atoms. The molecule has 1 aliphatic heterocycles. The Hall–Kier alpha value is 0.350. The van der Waals surface area contributed by atoms with Gasteiger partial charge in [-0.1, -0.05) is 22.9 Å². The summed E-state index contributed by atoms with van der Waals surface area (Å²) in [4.78, 5) is 2.40. The van der Waals surface area contributed by atoms with Crippen LogP contribution in [-0.4, -0.2) is 44.2 Å². The van der Waals surface area contributed by atoms with Gasteiger partial charge in [-0.25, -0.2) is 13.1 Å². The molecule has 1 aliphatic rings. The predicted octanol–water partition coefficient (Wildman–Crippen LogP) is 0.990. The molecule has 90 valence electrons. The van der Waals surface area contributed by atoms with Crippen LogP contribution in [0.4, 0.5) is 0 Å². The fraction of sp³-hybridized carbons (Fsp3) is 1.00. The molecule has 1 heterocycles. The van der Waals surface area contributed by atoms with Crippen molar-refractivity contribution < 1.29 is 8.42 Å². The van der Waals surface area contributed by atoms with E-state index in [4.69, 9.17) is 0 Å². The van der Waals surface area contributed by atoms with Crippen molar-refractivity contribution in [2.75, 3.05) is 30.8 Å². The van der Waals surface area contributed by atoms with E-state index in [0.717, 1.165) is 19.6 Å². The zero-order chi connectivity index (χ0) is 11.3. The normalized spacial score (nSPS) is 20.7. The summed E-state index contributed by atoms with van der Waals surface area (Å²) >= 11 is 2.95. The molecular formula is C9H19BrN2O2S. The van der Waals surface area contributed by atoms with Gasteiger partial charge in [-0.3, -0.25) is 0 Å². The maximum atomic E-state index is 11.2. The molecule has 15 heavy (non-hydrogen) atoms. The van der Waals surface area contributed by atoms with Gasteiger partial charge < -0.3 is 4.90 Å². The second kappa shape index (κ2) is 6.18. The lowest BCUT2D eigenvalue weighted by atomic mass is 10.2. The molecule has 0 aliphatic carbocycles. The van der Waals surface area contributed by atoms with Gasteiger partial charge in [0.2, 0.25) is 10.0 Å². The zero-order valence-electron chi connectivity index (χ0n) is 9.08.